The van der Waals surface area contributed by atoms with Gasteiger partial charge in [0.2, 0.25) is 0 Å². The predicted octanol–water partition coefficient (Wildman–Crippen LogP) is 1.94. The molecule has 1 heterocycles. The van der Waals surface area contributed by atoms with Gasteiger partial charge in [-0.15, -0.1) is 11.3 Å². The van der Waals surface area contributed by atoms with E-state index in [0.29, 0.717) is 11.9 Å². The number of guanidine groups is 1. The van der Waals surface area contributed by atoms with Crippen LogP contribution in [0.25, 0.3) is 0 Å². The molecule has 1 rings (SSSR count). The number of nitrogens with two attached hydrogens (primary N) is 1. The van der Waals surface area contributed by atoms with Gasteiger partial charge in [0.25, 0.3) is 0 Å². The lowest BCUT2D eigenvalue weighted by atomic mass is 10.1. The van der Waals surface area contributed by atoms with Crippen LogP contribution in [0.3, 0.4) is 0 Å². The zero-order chi connectivity index (χ0) is 12.2. The molecular formula is C11H20N4S. The van der Waals surface area contributed by atoms with E-state index in [1.165, 1.54) is 0 Å². The maximum Gasteiger partial charge on any atom is 0.189 e. The fraction of sp³-hybridized carbons (Fsp3) is 0.636. The minimum absolute atomic E-state index is 0.265. The number of rotatable bonds is 4. The second-order valence-corrected chi connectivity index (χ2v) is 5.60. The number of nitrogens with zero attached hydrogens (tertiary/aromatic N) is 2. The van der Waals surface area contributed by atoms with Crippen molar-refractivity contribution in [1.29, 1.82) is 0 Å². The van der Waals surface area contributed by atoms with Crippen LogP contribution >= 0.6 is 11.3 Å². The Morgan fingerprint density at radius 3 is 2.81 bits per heavy atom. The molecule has 0 aliphatic rings. The molecule has 0 amide bonds. The van der Waals surface area contributed by atoms with E-state index in [1.807, 2.05) is 19.2 Å². The van der Waals surface area contributed by atoms with Gasteiger partial charge in [-0.25, -0.2) is 4.98 Å². The van der Waals surface area contributed by atoms with Crippen molar-refractivity contribution in [3.63, 3.8) is 0 Å². The van der Waals surface area contributed by atoms with Gasteiger partial charge in [-0.3, -0.25) is 4.99 Å². The van der Waals surface area contributed by atoms with Crippen molar-refractivity contribution < 1.29 is 0 Å². The third-order valence-electron chi connectivity index (χ3n) is 2.03. The van der Waals surface area contributed by atoms with E-state index in [-0.39, 0.29) is 5.54 Å². The molecule has 16 heavy (non-hydrogen) atoms. The van der Waals surface area contributed by atoms with Crippen LogP contribution in [-0.2, 0) is 5.54 Å². The number of hydrogen-bond donors (Lipinski definition) is 2. The van der Waals surface area contributed by atoms with Gasteiger partial charge in [-0.05, 0) is 19.8 Å². The fourth-order valence-corrected chi connectivity index (χ4v) is 1.94. The SMILES string of the molecule is CC(C)CN=C(N)NC(C)(C)c1nccs1. The molecule has 0 aliphatic carbocycles. The largest absolute Gasteiger partial charge is 0.370 e. The highest BCUT2D eigenvalue weighted by molar-refractivity contribution is 7.09. The maximum absolute atomic E-state index is 5.83. The third-order valence-corrected chi connectivity index (χ3v) is 3.13. The second-order valence-electron chi connectivity index (χ2n) is 4.71. The molecule has 0 saturated heterocycles. The summed E-state index contributed by atoms with van der Waals surface area (Å²) in [4.78, 5) is 8.56. The number of aromatic nitrogens is 1. The highest BCUT2D eigenvalue weighted by atomic mass is 32.1. The minimum atomic E-state index is -0.265. The first-order valence-electron chi connectivity index (χ1n) is 5.40. The van der Waals surface area contributed by atoms with Gasteiger partial charge >= 0.3 is 0 Å². The lowest BCUT2D eigenvalue weighted by Gasteiger charge is -2.24. The zero-order valence-electron chi connectivity index (χ0n) is 10.3. The van der Waals surface area contributed by atoms with Gasteiger partial charge in [0.05, 0.1) is 5.54 Å². The van der Waals surface area contributed by atoms with Crippen molar-refractivity contribution in [2.75, 3.05) is 6.54 Å². The summed E-state index contributed by atoms with van der Waals surface area (Å²) in [6, 6.07) is 0. The van der Waals surface area contributed by atoms with Crippen LogP contribution in [0.15, 0.2) is 16.6 Å². The Morgan fingerprint density at radius 1 is 1.62 bits per heavy atom. The Labute approximate surface area is 101 Å². The third kappa shape index (κ3) is 3.81. The molecule has 0 aliphatic heterocycles. The Bertz CT molecular complexity index is 341. The normalized spacial score (nSPS) is 13.2. The van der Waals surface area contributed by atoms with Crippen LogP contribution in [0.1, 0.15) is 32.7 Å². The molecule has 4 nitrogen and oxygen atoms in total. The van der Waals surface area contributed by atoms with Crippen molar-refractivity contribution in [2.45, 2.75) is 33.2 Å². The highest BCUT2D eigenvalue weighted by Crippen LogP contribution is 2.21. The van der Waals surface area contributed by atoms with Gasteiger partial charge < -0.3 is 11.1 Å². The molecule has 5 heteroatoms. The molecule has 0 aromatic carbocycles. The van der Waals surface area contributed by atoms with Gasteiger partial charge in [0, 0.05) is 18.1 Å². The first-order chi connectivity index (χ1) is 7.42. The Kier molecular flexibility index (Phi) is 4.29. The average Bonchev–Trinajstić information content (AvgIpc) is 2.67. The fourth-order valence-electron chi connectivity index (χ4n) is 1.23. The van der Waals surface area contributed by atoms with Gasteiger partial charge in [-0.2, -0.15) is 0 Å². The molecule has 0 spiro atoms. The van der Waals surface area contributed by atoms with Gasteiger partial charge in [-0.1, -0.05) is 13.8 Å². The number of hydrogen-bond acceptors (Lipinski definition) is 3. The maximum atomic E-state index is 5.83. The Morgan fingerprint density at radius 2 is 2.31 bits per heavy atom. The van der Waals surface area contributed by atoms with E-state index in [1.54, 1.807) is 17.5 Å². The zero-order valence-corrected chi connectivity index (χ0v) is 11.1. The van der Waals surface area contributed by atoms with Crippen LogP contribution in [0, 0.1) is 5.92 Å². The Hall–Kier alpha value is -1.10. The van der Waals surface area contributed by atoms with Crippen molar-refractivity contribution in [3.8, 4) is 0 Å². The molecule has 0 fully saturated rings. The molecule has 0 atom stereocenters. The molecular weight excluding hydrogens is 220 g/mol. The summed E-state index contributed by atoms with van der Waals surface area (Å²) in [5, 5.41) is 6.16. The summed E-state index contributed by atoms with van der Waals surface area (Å²) in [5.74, 6) is 0.997. The van der Waals surface area contributed by atoms with Crippen LogP contribution in [0.4, 0.5) is 0 Å². The summed E-state index contributed by atoms with van der Waals surface area (Å²) in [6.45, 7) is 9.06. The quantitative estimate of drug-likeness (QED) is 0.624. The molecule has 0 bridgehead atoms. The summed E-state index contributed by atoms with van der Waals surface area (Å²) < 4.78 is 0. The predicted molar refractivity (Wildman–Crippen MR) is 69.6 cm³/mol. The lowest BCUT2D eigenvalue weighted by Crippen LogP contribution is -2.45. The highest BCUT2D eigenvalue weighted by Gasteiger charge is 2.23. The molecule has 0 radical (unpaired) electrons. The molecule has 90 valence electrons. The minimum Gasteiger partial charge on any atom is -0.370 e. The number of aliphatic imine (C=N–C) groups is 1. The molecule has 1 aromatic rings. The van der Waals surface area contributed by atoms with Crippen molar-refractivity contribution in [3.05, 3.63) is 16.6 Å². The van der Waals surface area contributed by atoms with E-state index in [2.05, 4.69) is 29.1 Å². The molecule has 3 N–H and O–H groups in total. The summed E-state index contributed by atoms with van der Waals surface area (Å²) >= 11 is 1.61. The number of thiazole rings is 1. The van der Waals surface area contributed by atoms with Crippen LogP contribution in [0.5, 0.6) is 0 Å². The van der Waals surface area contributed by atoms with E-state index >= 15 is 0 Å². The van der Waals surface area contributed by atoms with Crippen LogP contribution in [-0.4, -0.2) is 17.5 Å². The van der Waals surface area contributed by atoms with Crippen molar-refractivity contribution >= 4 is 17.3 Å². The lowest BCUT2D eigenvalue weighted by molar-refractivity contribution is 0.479. The molecule has 0 unspecified atom stereocenters. The van der Waals surface area contributed by atoms with Gasteiger partial charge in [0.1, 0.15) is 5.01 Å². The molecule has 0 saturated carbocycles. The average molecular weight is 240 g/mol. The van der Waals surface area contributed by atoms with Gasteiger partial charge in [0.15, 0.2) is 5.96 Å². The standard InChI is InChI=1S/C11H20N4S/c1-8(2)7-14-10(12)15-11(3,4)9-13-5-6-16-9/h5-6,8H,7H2,1-4H3,(H3,12,14,15). The summed E-state index contributed by atoms with van der Waals surface area (Å²) in [5.41, 5.74) is 5.56. The van der Waals surface area contributed by atoms with Crippen molar-refractivity contribution in [2.24, 2.45) is 16.6 Å². The number of nitrogens with one attached hydrogen (secondary N) is 1. The van der Waals surface area contributed by atoms with Crippen LogP contribution < -0.4 is 11.1 Å². The van der Waals surface area contributed by atoms with E-state index < -0.39 is 0 Å². The molecule has 1 aromatic heterocycles. The van der Waals surface area contributed by atoms with E-state index in [0.717, 1.165) is 11.6 Å². The first-order valence-corrected chi connectivity index (χ1v) is 6.28. The van der Waals surface area contributed by atoms with Crippen molar-refractivity contribution in [1.82, 2.24) is 10.3 Å². The second kappa shape index (κ2) is 5.30. The van der Waals surface area contributed by atoms with E-state index in [4.69, 9.17) is 5.73 Å². The monoisotopic (exact) mass is 240 g/mol. The first kappa shape index (κ1) is 13.0. The summed E-state index contributed by atoms with van der Waals surface area (Å²) in [6.07, 6.45) is 1.80. The smallest absolute Gasteiger partial charge is 0.189 e. The van der Waals surface area contributed by atoms with Crippen LogP contribution in [0.2, 0.25) is 0 Å². The topological polar surface area (TPSA) is 63.3 Å². The Balaban J connectivity index is 2.62. The van der Waals surface area contributed by atoms with E-state index in [9.17, 15) is 0 Å². The summed E-state index contributed by atoms with van der Waals surface area (Å²) in [7, 11) is 0.